The summed E-state index contributed by atoms with van der Waals surface area (Å²) in [4.78, 5) is 27.3. The molecule has 2 rings (SSSR count). The Kier molecular flexibility index (Phi) is 4.53. The van der Waals surface area contributed by atoms with Crippen LogP contribution in [-0.4, -0.2) is 35.4 Å². The van der Waals surface area contributed by atoms with E-state index in [1.807, 2.05) is 0 Å². The summed E-state index contributed by atoms with van der Waals surface area (Å²) in [6, 6.07) is 1.46. The Hall–Kier alpha value is -1.70. The van der Waals surface area contributed by atoms with Gasteiger partial charge in [-0.3, -0.25) is 14.9 Å². The standard InChI is InChI=1S/C12H15BrN4O3/c1-8(18)14-5-9-2-3-16(7-9)12-11(13)4-10(6-15-12)17(19)20/h4,6,9H,2-3,5,7H2,1H3,(H,14,18)/t9-/m0/s1. The van der Waals surface area contributed by atoms with Gasteiger partial charge in [-0.15, -0.1) is 0 Å². The molecule has 0 spiro atoms. The van der Waals surface area contributed by atoms with E-state index < -0.39 is 4.92 Å². The first kappa shape index (κ1) is 14.7. The molecule has 2 heterocycles. The van der Waals surface area contributed by atoms with Crippen molar-refractivity contribution in [2.45, 2.75) is 13.3 Å². The smallest absolute Gasteiger partial charge is 0.288 e. The molecule has 1 saturated heterocycles. The van der Waals surface area contributed by atoms with Gasteiger partial charge in [-0.1, -0.05) is 0 Å². The lowest BCUT2D eigenvalue weighted by molar-refractivity contribution is -0.385. The van der Waals surface area contributed by atoms with Crippen LogP contribution in [0, 0.1) is 16.0 Å². The van der Waals surface area contributed by atoms with Crippen LogP contribution in [0.2, 0.25) is 0 Å². The van der Waals surface area contributed by atoms with Gasteiger partial charge >= 0.3 is 0 Å². The molecule has 1 fully saturated rings. The van der Waals surface area contributed by atoms with Crippen molar-refractivity contribution in [3.8, 4) is 0 Å². The maximum absolute atomic E-state index is 10.9. The van der Waals surface area contributed by atoms with Crippen LogP contribution in [0.4, 0.5) is 11.5 Å². The Morgan fingerprint density at radius 3 is 3.05 bits per heavy atom. The van der Waals surface area contributed by atoms with Crippen molar-refractivity contribution in [3.05, 3.63) is 26.9 Å². The Balaban J connectivity index is 2.03. The number of aromatic nitrogens is 1. The van der Waals surface area contributed by atoms with Crippen molar-refractivity contribution in [2.24, 2.45) is 5.92 Å². The highest BCUT2D eigenvalue weighted by molar-refractivity contribution is 9.10. The van der Waals surface area contributed by atoms with E-state index in [2.05, 4.69) is 31.1 Å². The molecule has 8 heteroatoms. The number of amides is 1. The fraction of sp³-hybridized carbons (Fsp3) is 0.500. The Morgan fingerprint density at radius 1 is 1.70 bits per heavy atom. The summed E-state index contributed by atoms with van der Waals surface area (Å²) in [5.74, 6) is 1.06. The first-order valence-electron chi connectivity index (χ1n) is 6.26. The van der Waals surface area contributed by atoms with Gasteiger partial charge < -0.3 is 10.2 Å². The maximum atomic E-state index is 10.9. The number of anilines is 1. The second-order valence-corrected chi connectivity index (χ2v) is 5.65. The van der Waals surface area contributed by atoms with Gasteiger partial charge in [0.2, 0.25) is 5.91 Å². The van der Waals surface area contributed by atoms with Crippen LogP contribution in [0.5, 0.6) is 0 Å². The molecule has 0 saturated carbocycles. The van der Waals surface area contributed by atoms with Crippen LogP contribution in [0.3, 0.4) is 0 Å². The van der Waals surface area contributed by atoms with Gasteiger partial charge in [-0.05, 0) is 28.3 Å². The van der Waals surface area contributed by atoms with Crippen LogP contribution in [0.1, 0.15) is 13.3 Å². The summed E-state index contributed by atoms with van der Waals surface area (Å²) in [6.07, 6.45) is 2.23. The quantitative estimate of drug-likeness (QED) is 0.664. The Morgan fingerprint density at radius 2 is 2.45 bits per heavy atom. The lowest BCUT2D eigenvalue weighted by Crippen LogP contribution is -2.29. The highest BCUT2D eigenvalue weighted by atomic mass is 79.9. The van der Waals surface area contributed by atoms with Gasteiger partial charge in [-0.25, -0.2) is 4.98 Å². The van der Waals surface area contributed by atoms with Crippen molar-refractivity contribution in [1.82, 2.24) is 10.3 Å². The van der Waals surface area contributed by atoms with E-state index in [-0.39, 0.29) is 11.6 Å². The lowest BCUT2D eigenvalue weighted by atomic mass is 10.1. The van der Waals surface area contributed by atoms with Gasteiger partial charge in [0, 0.05) is 32.6 Å². The first-order chi connectivity index (χ1) is 9.47. The molecule has 1 N–H and O–H groups in total. The zero-order valence-electron chi connectivity index (χ0n) is 11.0. The number of hydrogen-bond donors (Lipinski definition) is 1. The molecule has 0 aliphatic carbocycles. The predicted molar refractivity (Wildman–Crippen MR) is 77.6 cm³/mol. The second kappa shape index (κ2) is 6.17. The van der Waals surface area contributed by atoms with Crippen LogP contribution >= 0.6 is 15.9 Å². The predicted octanol–water partition coefficient (Wildman–Crippen LogP) is 1.71. The van der Waals surface area contributed by atoms with Crippen LogP contribution in [-0.2, 0) is 4.79 Å². The monoisotopic (exact) mass is 342 g/mol. The van der Waals surface area contributed by atoms with E-state index in [9.17, 15) is 14.9 Å². The Bertz CT molecular complexity index is 537. The van der Waals surface area contributed by atoms with Gasteiger partial charge in [0.15, 0.2) is 0 Å². The molecule has 1 atom stereocenters. The molecule has 1 amide bonds. The van der Waals surface area contributed by atoms with Crippen molar-refractivity contribution >= 4 is 33.3 Å². The van der Waals surface area contributed by atoms with E-state index in [0.717, 1.165) is 19.5 Å². The summed E-state index contributed by atoms with van der Waals surface area (Å²) < 4.78 is 0.617. The van der Waals surface area contributed by atoms with E-state index in [0.29, 0.717) is 22.8 Å². The third-order valence-corrected chi connectivity index (χ3v) is 3.83. The maximum Gasteiger partial charge on any atom is 0.288 e. The fourth-order valence-electron chi connectivity index (χ4n) is 2.23. The number of pyridine rings is 1. The van der Waals surface area contributed by atoms with Crippen LogP contribution in [0.25, 0.3) is 0 Å². The van der Waals surface area contributed by atoms with Gasteiger partial charge in [0.25, 0.3) is 5.69 Å². The number of nitrogens with zero attached hydrogens (tertiary/aromatic N) is 3. The number of nitrogens with one attached hydrogen (secondary N) is 1. The lowest BCUT2D eigenvalue weighted by Gasteiger charge is -2.18. The molecule has 0 unspecified atom stereocenters. The van der Waals surface area contributed by atoms with Crippen molar-refractivity contribution in [3.63, 3.8) is 0 Å². The van der Waals surface area contributed by atoms with Crippen LogP contribution in [0.15, 0.2) is 16.7 Å². The first-order valence-corrected chi connectivity index (χ1v) is 7.06. The van der Waals surface area contributed by atoms with Crippen LogP contribution < -0.4 is 10.2 Å². The van der Waals surface area contributed by atoms with Crippen molar-refractivity contribution in [1.29, 1.82) is 0 Å². The van der Waals surface area contributed by atoms with E-state index in [1.165, 1.54) is 19.2 Å². The molecular formula is C12H15BrN4O3. The molecule has 1 aromatic heterocycles. The minimum Gasteiger partial charge on any atom is -0.356 e. The molecule has 1 aliphatic heterocycles. The Labute approximate surface area is 124 Å². The van der Waals surface area contributed by atoms with Crippen molar-refractivity contribution < 1.29 is 9.72 Å². The van der Waals surface area contributed by atoms with E-state index in [1.54, 1.807) is 0 Å². The van der Waals surface area contributed by atoms with E-state index >= 15 is 0 Å². The zero-order chi connectivity index (χ0) is 14.7. The summed E-state index contributed by atoms with van der Waals surface area (Å²) in [7, 11) is 0. The summed E-state index contributed by atoms with van der Waals surface area (Å²) in [6.45, 7) is 3.76. The topological polar surface area (TPSA) is 88.4 Å². The number of hydrogen-bond acceptors (Lipinski definition) is 5. The molecular weight excluding hydrogens is 328 g/mol. The van der Waals surface area contributed by atoms with Gasteiger partial charge in [0.1, 0.15) is 12.0 Å². The third kappa shape index (κ3) is 3.44. The fourth-order valence-corrected chi connectivity index (χ4v) is 2.82. The summed E-state index contributed by atoms with van der Waals surface area (Å²) in [5, 5.41) is 13.5. The summed E-state index contributed by atoms with van der Waals surface area (Å²) >= 11 is 3.33. The molecule has 1 aliphatic rings. The average Bonchev–Trinajstić information content (AvgIpc) is 2.84. The number of halogens is 1. The van der Waals surface area contributed by atoms with Gasteiger partial charge in [0.05, 0.1) is 9.40 Å². The number of nitro groups is 1. The van der Waals surface area contributed by atoms with Gasteiger partial charge in [-0.2, -0.15) is 0 Å². The molecule has 0 radical (unpaired) electrons. The third-order valence-electron chi connectivity index (χ3n) is 3.24. The minimum atomic E-state index is -0.467. The van der Waals surface area contributed by atoms with Crippen molar-refractivity contribution in [2.75, 3.05) is 24.5 Å². The zero-order valence-corrected chi connectivity index (χ0v) is 12.6. The highest BCUT2D eigenvalue weighted by Gasteiger charge is 2.25. The normalized spacial score (nSPS) is 18.1. The average molecular weight is 343 g/mol. The second-order valence-electron chi connectivity index (χ2n) is 4.79. The number of rotatable bonds is 4. The molecule has 0 bridgehead atoms. The molecule has 20 heavy (non-hydrogen) atoms. The largest absolute Gasteiger partial charge is 0.356 e. The minimum absolute atomic E-state index is 0.0295. The molecule has 0 aromatic carbocycles. The molecule has 108 valence electrons. The SMILES string of the molecule is CC(=O)NC[C@@H]1CCN(c2ncc([N+](=O)[O-])cc2Br)C1. The highest BCUT2D eigenvalue weighted by Crippen LogP contribution is 2.30. The molecule has 1 aromatic rings. The van der Waals surface area contributed by atoms with E-state index in [4.69, 9.17) is 0 Å². The molecule has 7 nitrogen and oxygen atoms in total. The number of carbonyl (C=O) groups is 1. The number of carbonyl (C=O) groups excluding carboxylic acids is 1. The summed E-state index contributed by atoms with van der Waals surface area (Å²) in [5.41, 5.74) is -0.0328.